The zero-order chi connectivity index (χ0) is 15.5. The van der Waals surface area contributed by atoms with Crippen LogP contribution in [0.2, 0.25) is 5.02 Å². The number of rotatable bonds is 3. The van der Waals surface area contributed by atoms with Crippen LogP contribution in [0.1, 0.15) is 22.3 Å². The Morgan fingerprint density at radius 1 is 1.32 bits per heavy atom. The number of pyridine rings is 1. The van der Waals surface area contributed by atoms with Crippen LogP contribution >= 0.6 is 23.1 Å². The predicted octanol–water partition coefficient (Wildman–Crippen LogP) is 2.11. The summed E-state index contributed by atoms with van der Waals surface area (Å²) in [7, 11) is 0. The Bertz CT molecular complexity index is 652. The van der Waals surface area contributed by atoms with E-state index in [4.69, 9.17) is 11.6 Å². The number of piperazine rings is 1. The minimum atomic E-state index is 0.0376. The van der Waals surface area contributed by atoms with Gasteiger partial charge in [0.05, 0.1) is 10.7 Å². The maximum absolute atomic E-state index is 12.5. The average molecular weight is 338 g/mol. The molecule has 8 heteroatoms. The number of halogens is 1. The van der Waals surface area contributed by atoms with Gasteiger partial charge in [-0.1, -0.05) is 23.0 Å². The van der Waals surface area contributed by atoms with Crippen molar-refractivity contribution in [3.05, 3.63) is 33.9 Å². The minimum Gasteiger partial charge on any atom is -0.353 e. The van der Waals surface area contributed by atoms with Crippen LogP contribution in [0.3, 0.4) is 0 Å². The molecule has 22 heavy (non-hydrogen) atoms. The fraction of sp³-hybridized carbons (Fsp3) is 0.429. The third-order valence-electron chi connectivity index (χ3n) is 3.69. The molecule has 2 aromatic rings. The zero-order valence-electron chi connectivity index (χ0n) is 12.2. The third kappa shape index (κ3) is 3.05. The van der Waals surface area contributed by atoms with Crippen molar-refractivity contribution in [2.24, 2.45) is 0 Å². The summed E-state index contributed by atoms with van der Waals surface area (Å²) < 4.78 is 3.89. The van der Waals surface area contributed by atoms with Crippen LogP contribution in [0, 0.1) is 0 Å². The lowest BCUT2D eigenvalue weighted by Gasteiger charge is -2.35. The second-order valence-electron chi connectivity index (χ2n) is 5.02. The van der Waals surface area contributed by atoms with E-state index in [0.29, 0.717) is 23.0 Å². The van der Waals surface area contributed by atoms with Gasteiger partial charge in [-0.3, -0.25) is 4.79 Å². The molecule has 0 spiro atoms. The van der Waals surface area contributed by atoms with Crippen molar-refractivity contribution in [3.8, 4) is 0 Å². The molecular formula is C14H16ClN5OS. The quantitative estimate of drug-likeness (QED) is 0.858. The number of aryl methyl sites for hydroxylation is 1. The Hall–Kier alpha value is -1.73. The number of anilines is 1. The summed E-state index contributed by atoms with van der Waals surface area (Å²) in [4.78, 5) is 21.5. The fourth-order valence-corrected chi connectivity index (χ4v) is 3.27. The van der Waals surface area contributed by atoms with Gasteiger partial charge in [0.1, 0.15) is 10.7 Å². The van der Waals surface area contributed by atoms with E-state index in [0.717, 1.165) is 31.0 Å². The Labute approximate surface area is 137 Å². The zero-order valence-corrected chi connectivity index (χ0v) is 13.8. The molecule has 3 heterocycles. The van der Waals surface area contributed by atoms with E-state index in [1.807, 2.05) is 24.0 Å². The first kappa shape index (κ1) is 15.2. The van der Waals surface area contributed by atoms with Crippen LogP contribution in [-0.2, 0) is 6.42 Å². The number of aromatic nitrogens is 3. The average Bonchev–Trinajstić information content (AvgIpc) is 3.04. The number of carbonyl (C=O) groups excluding carboxylic acids is 1. The molecule has 1 saturated heterocycles. The first-order valence-corrected chi connectivity index (χ1v) is 8.31. The molecular weight excluding hydrogens is 322 g/mol. The number of hydrogen-bond acceptors (Lipinski definition) is 6. The van der Waals surface area contributed by atoms with Crippen LogP contribution < -0.4 is 4.90 Å². The van der Waals surface area contributed by atoms with E-state index >= 15 is 0 Å². The van der Waals surface area contributed by atoms with Crippen molar-refractivity contribution in [2.45, 2.75) is 13.3 Å². The molecule has 0 aromatic carbocycles. The molecule has 2 aromatic heterocycles. The SMILES string of the molecule is CCc1nnsc1C(=O)N1CCN(c2ccc(Cl)cn2)CC1. The Balaban J connectivity index is 1.64. The second kappa shape index (κ2) is 6.58. The number of amides is 1. The van der Waals surface area contributed by atoms with Crippen molar-refractivity contribution >= 4 is 34.9 Å². The van der Waals surface area contributed by atoms with Gasteiger partial charge in [0.2, 0.25) is 0 Å². The summed E-state index contributed by atoms with van der Waals surface area (Å²) in [6.45, 7) is 4.84. The van der Waals surface area contributed by atoms with Gasteiger partial charge in [0.25, 0.3) is 5.91 Å². The van der Waals surface area contributed by atoms with E-state index in [9.17, 15) is 4.79 Å². The summed E-state index contributed by atoms with van der Waals surface area (Å²) in [5.74, 6) is 0.931. The molecule has 0 radical (unpaired) electrons. The van der Waals surface area contributed by atoms with Crippen LogP contribution in [0.25, 0.3) is 0 Å². The molecule has 1 aliphatic rings. The molecule has 0 saturated carbocycles. The smallest absolute Gasteiger partial charge is 0.267 e. The lowest BCUT2D eigenvalue weighted by molar-refractivity contribution is 0.0750. The van der Waals surface area contributed by atoms with E-state index in [2.05, 4.69) is 19.5 Å². The van der Waals surface area contributed by atoms with E-state index < -0.39 is 0 Å². The summed E-state index contributed by atoms with van der Waals surface area (Å²) >= 11 is 7.04. The van der Waals surface area contributed by atoms with Crippen LogP contribution in [0.5, 0.6) is 0 Å². The Morgan fingerprint density at radius 2 is 2.09 bits per heavy atom. The lowest BCUT2D eigenvalue weighted by Crippen LogP contribution is -2.49. The minimum absolute atomic E-state index is 0.0376. The molecule has 116 valence electrons. The van der Waals surface area contributed by atoms with Gasteiger partial charge in [-0.25, -0.2) is 4.98 Å². The molecule has 6 nitrogen and oxygen atoms in total. The summed E-state index contributed by atoms with van der Waals surface area (Å²) in [6, 6.07) is 3.74. The van der Waals surface area contributed by atoms with Crippen molar-refractivity contribution in [1.29, 1.82) is 0 Å². The molecule has 0 atom stereocenters. The monoisotopic (exact) mass is 337 g/mol. The van der Waals surface area contributed by atoms with Gasteiger partial charge in [-0.15, -0.1) is 5.10 Å². The lowest BCUT2D eigenvalue weighted by atomic mass is 10.2. The number of nitrogens with zero attached hydrogens (tertiary/aromatic N) is 5. The molecule has 1 aliphatic heterocycles. The van der Waals surface area contributed by atoms with Crippen LogP contribution in [0.4, 0.5) is 5.82 Å². The summed E-state index contributed by atoms with van der Waals surface area (Å²) in [5, 5.41) is 4.64. The van der Waals surface area contributed by atoms with Gasteiger partial charge in [0.15, 0.2) is 0 Å². The Kier molecular flexibility index (Phi) is 4.54. The molecule has 0 bridgehead atoms. The van der Waals surface area contributed by atoms with Crippen molar-refractivity contribution in [2.75, 3.05) is 31.1 Å². The van der Waals surface area contributed by atoms with E-state index in [1.165, 1.54) is 11.5 Å². The van der Waals surface area contributed by atoms with Crippen molar-refractivity contribution in [3.63, 3.8) is 0 Å². The number of carbonyl (C=O) groups is 1. The third-order valence-corrected chi connectivity index (χ3v) is 4.67. The van der Waals surface area contributed by atoms with Crippen LogP contribution in [0.15, 0.2) is 18.3 Å². The molecule has 1 amide bonds. The van der Waals surface area contributed by atoms with Gasteiger partial charge in [-0.2, -0.15) is 0 Å². The topological polar surface area (TPSA) is 62.2 Å². The normalized spacial score (nSPS) is 15.2. The molecule has 1 fully saturated rings. The molecule has 3 rings (SSSR count). The standard InChI is InChI=1S/C14H16ClN5OS/c1-2-11-13(22-18-17-11)14(21)20-7-5-19(6-8-20)12-4-3-10(15)9-16-12/h3-4,9H,2,5-8H2,1H3. The maximum Gasteiger partial charge on any atom is 0.267 e. The largest absolute Gasteiger partial charge is 0.353 e. The van der Waals surface area contributed by atoms with E-state index in [-0.39, 0.29) is 5.91 Å². The predicted molar refractivity (Wildman–Crippen MR) is 86.7 cm³/mol. The van der Waals surface area contributed by atoms with Gasteiger partial charge in [0, 0.05) is 32.4 Å². The highest BCUT2D eigenvalue weighted by molar-refractivity contribution is 7.08. The summed E-state index contributed by atoms with van der Waals surface area (Å²) in [5.41, 5.74) is 0.789. The molecule has 0 aliphatic carbocycles. The first-order valence-electron chi connectivity index (χ1n) is 7.16. The van der Waals surface area contributed by atoms with Gasteiger partial charge >= 0.3 is 0 Å². The second-order valence-corrected chi connectivity index (χ2v) is 6.21. The molecule has 0 unspecified atom stereocenters. The highest BCUT2D eigenvalue weighted by atomic mass is 35.5. The highest BCUT2D eigenvalue weighted by Crippen LogP contribution is 2.19. The number of hydrogen-bond donors (Lipinski definition) is 0. The fourth-order valence-electron chi connectivity index (χ4n) is 2.44. The highest BCUT2D eigenvalue weighted by Gasteiger charge is 2.26. The Morgan fingerprint density at radius 3 is 2.73 bits per heavy atom. The first-order chi connectivity index (χ1) is 10.7. The summed E-state index contributed by atoms with van der Waals surface area (Å²) in [6.07, 6.45) is 2.37. The molecule has 0 N–H and O–H groups in total. The maximum atomic E-state index is 12.5. The van der Waals surface area contributed by atoms with Crippen LogP contribution in [-0.4, -0.2) is 51.6 Å². The van der Waals surface area contributed by atoms with Gasteiger partial charge in [-0.05, 0) is 30.1 Å². The van der Waals surface area contributed by atoms with Crippen molar-refractivity contribution in [1.82, 2.24) is 19.5 Å². The van der Waals surface area contributed by atoms with E-state index in [1.54, 1.807) is 6.20 Å². The van der Waals surface area contributed by atoms with Crippen molar-refractivity contribution < 1.29 is 4.79 Å². The van der Waals surface area contributed by atoms with Gasteiger partial charge < -0.3 is 9.80 Å².